The number of benzene rings is 1. The van der Waals surface area contributed by atoms with Gasteiger partial charge in [0.15, 0.2) is 6.29 Å². The largest absolute Gasteiger partial charge is 0.464 e. The first kappa shape index (κ1) is 70.6. The summed E-state index contributed by atoms with van der Waals surface area (Å²) in [6.07, 6.45) is -0.157. The fourth-order valence-electron chi connectivity index (χ4n) is 9.86. The van der Waals surface area contributed by atoms with Gasteiger partial charge in [-0.1, -0.05) is 98.6 Å². The molecular formula is C57H98N8O15. The molecule has 1 aromatic rings. The van der Waals surface area contributed by atoms with E-state index in [9.17, 15) is 43.5 Å². The summed E-state index contributed by atoms with van der Waals surface area (Å²) in [5.74, 6) is -4.07. The molecule has 0 aliphatic carbocycles. The van der Waals surface area contributed by atoms with E-state index >= 15 is 0 Å². The molecule has 1 aliphatic rings. The van der Waals surface area contributed by atoms with Crippen molar-refractivity contribution in [2.24, 2.45) is 23.7 Å². The Hall–Kier alpha value is -5.46. The maximum atomic E-state index is 14.5. The molecule has 0 radical (unpaired) electrons. The highest BCUT2D eigenvalue weighted by molar-refractivity contribution is 5.91. The molecule has 12 atom stereocenters. The molecule has 0 spiro atoms. The van der Waals surface area contributed by atoms with Crippen molar-refractivity contribution >= 4 is 47.5 Å². The molecule has 1 aromatic carbocycles. The lowest BCUT2D eigenvalue weighted by atomic mass is 9.89. The molecule has 23 nitrogen and oxygen atoms in total. The summed E-state index contributed by atoms with van der Waals surface area (Å²) >= 11 is 0. The van der Waals surface area contributed by atoms with Gasteiger partial charge in [-0.25, -0.2) is 9.59 Å². The van der Waals surface area contributed by atoms with Crippen LogP contribution >= 0.6 is 0 Å². The molecule has 0 saturated carbocycles. The van der Waals surface area contributed by atoms with Gasteiger partial charge in [0.05, 0.1) is 62.0 Å². The number of aliphatic hydroxyl groups is 1. The molecule has 2 unspecified atom stereocenters. The van der Waals surface area contributed by atoms with Gasteiger partial charge in [0.2, 0.25) is 35.4 Å². The minimum absolute atomic E-state index is 0.0101. The number of rotatable bonds is 38. The lowest BCUT2D eigenvalue weighted by molar-refractivity contribution is -0.182. The normalized spacial score (nSPS) is 17.6. The van der Waals surface area contributed by atoms with E-state index in [1.807, 2.05) is 78.8 Å². The predicted molar refractivity (Wildman–Crippen MR) is 300 cm³/mol. The Labute approximate surface area is 475 Å². The van der Waals surface area contributed by atoms with Gasteiger partial charge >= 0.3 is 12.1 Å². The molecule has 0 bridgehead atoms. The topological polar surface area (TPSA) is 291 Å². The Morgan fingerprint density at radius 1 is 0.800 bits per heavy atom. The first-order valence-electron chi connectivity index (χ1n) is 28.4. The van der Waals surface area contributed by atoms with Crippen LogP contribution in [-0.2, 0) is 68.4 Å². The van der Waals surface area contributed by atoms with Crippen molar-refractivity contribution in [3.63, 3.8) is 0 Å². The lowest BCUT2D eigenvalue weighted by Crippen LogP contribution is -2.59. The van der Waals surface area contributed by atoms with Gasteiger partial charge in [-0.15, -0.1) is 0 Å². The second-order valence-electron chi connectivity index (χ2n) is 21.4. The molecule has 0 aromatic heterocycles. The Kier molecular flexibility index (Phi) is 33.1. The SMILES string of the molecule is CCCC(CO)OC(COC(=O)NCCC(=O)N[C@@H](C)C(=O)OCCCNC(=O)[C@H](Cc1ccccc1)NC(=O)[C@H](C)[C@@H](OC)[C@@H]1CCCN1C(=O)C[C@@H](OC)[C@H]([C@@H](C)CC)N(C)C(=O)[C@@H](NC(=O)[C@@H](NC)C(C)C)C(C)C)OC. The number of nitrogens with zero attached hydrogens (tertiary/aromatic N) is 2. The molecule has 7 amide bonds. The zero-order chi connectivity index (χ0) is 60.1. The maximum absolute atomic E-state index is 14.5. The molecule has 23 heteroatoms. The number of likely N-dealkylation sites (tertiary alicyclic amines) is 1. The van der Waals surface area contributed by atoms with Gasteiger partial charge in [-0.05, 0) is 63.0 Å². The fourth-order valence-corrected chi connectivity index (χ4v) is 9.86. The smallest absolute Gasteiger partial charge is 0.407 e. The van der Waals surface area contributed by atoms with Crippen LogP contribution in [0.1, 0.15) is 119 Å². The van der Waals surface area contributed by atoms with E-state index in [-0.39, 0.29) is 94.1 Å². The number of hydrogen-bond donors (Lipinski definition) is 7. The van der Waals surface area contributed by atoms with Crippen LogP contribution in [-0.4, -0.2) is 198 Å². The Morgan fingerprint density at radius 2 is 1.48 bits per heavy atom. The van der Waals surface area contributed by atoms with Crippen LogP contribution < -0.4 is 31.9 Å². The third kappa shape index (κ3) is 23.2. The van der Waals surface area contributed by atoms with Gasteiger partial charge in [-0.2, -0.15) is 0 Å². The van der Waals surface area contributed by atoms with Gasteiger partial charge in [0.25, 0.3) is 0 Å². The van der Waals surface area contributed by atoms with Crippen molar-refractivity contribution in [1.29, 1.82) is 0 Å². The van der Waals surface area contributed by atoms with E-state index in [0.717, 1.165) is 12.0 Å². The summed E-state index contributed by atoms with van der Waals surface area (Å²) in [5, 5.41) is 26.2. The van der Waals surface area contributed by atoms with Crippen molar-refractivity contribution in [2.75, 3.05) is 74.9 Å². The number of carbonyl (C=O) groups excluding carboxylic acids is 8. The molecule has 80 heavy (non-hydrogen) atoms. The number of methoxy groups -OCH3 is 3. The van der Waals surface area contributed by atoms with E-state index in [2.05, 4.69) is 31.9 Å². The molecule has 1 fully saturated rings. The van der Waals surface area contributed by atoms with Crippen molar-refractivity contribution in [2.45, 2.75) is 181 Å². The maximum Gasteiger partial charge on any atom is 0.407 e. The standard InChI is InChI=1S/C57H98N8O15/c1-15-22-41(33-66)80-47(76-13)34-79-57(74)60-28-26-45(67)61-39(9)56(73)78-30-21-27-59-53(70)42(31-40-23-18-17-19-24-40)62-52(69)38(8)51(77-14)43-25-20-29-65(43)46(68)32-44(75-12)50(37(7)16-2)64(11)55(72)49(36(5)6)63-54(71)48(58-10)35(3)4/h17-19,23-24,35-39,41-44,47-51,58,66H,15-16,20-22,25-34H2,1-14H3,(H,59,70)(H,60,74)(H,61,67)(H,62,69)(H,63,71)/t37-,38+,39-,41?,42-,43-,44+,47?,48-,49-,50-,51+/m0/s1. The first-order valence-corrected chi connectivity index (χ1v) is 28.4. The summed E-state index contributed by atoms with van der Waals surface area (Å²) in [6.45, 7) is 16.6. The van der Waals surface area contributed by atoms with E-state index in [1.54, 1.807) is 30.8 Å². The average Bonchev–Trinajstić information content (AvgIpc) is 3.93. The summed E-state index contributed by atoms with van der Waals surface area (Å²) in [7, 11) is 7.80. The molecule has 7 N–H and O–H groups in total. The molecule has 456 valence electrons. The van der Waals surface area contributed by atoms with Crippen LogP contribution in [0.25, 0.3) is 0 Å². The zero-order valence-corrected chi connectivity index (χ0v) is 50.1. The highest BCUT2D eigenvalue weighted by atomic mass is 16.7. The second-order valence-corrected chi connectivity index (χ2v) is 21.4. The van der Waals surface area contributed by atoms with Crippen LogP contribution in [0.4, 0.5) is 4.79 Å². The van der Waals surface area contributed by atoms with Crippen molar-refractivity contribution < 1.29 is 71.9 Å². The zero-order valence-electron chi connectivity index (χ0n) is 50.1. The first-order chi connectivity index (χ1) is 38.0. The summed E-state index contributed by atoms with van der Waals surface area (Å²) in [4.78, 5) is 111. The van der Waals surface area contributed by atoms with Crippen LogP contribution in [0, 0.1) is 23.7 Å². The Balaban J connectivity index is 2.05. The number of esters is 1. The second kappa shape index (κ2) is 37.5. The van der Waals surface area contributed by atoms with E-state index in [0.29, 0.717) is 32.2 Å². The number of nitrogens with one attached hydrogen (secondary N) is 6. The minimum atomic E-state index is -1.01. The molecule has 1 aliphatic heterocycles. The minimum Gasteiger partial charge on any atom is -0.464 e. The molecule has 1 saturated heterocycles. The van der Waals surface area contributed by atoms with Gasteiger partial charge in [0, 0.05) is 60.9 Å². The molecule has 2 rings (SSSR count). The fraction of sp³-hybridized carbons (Fsp3) is 0.754. The van der Waals surface area contributed by atoms with Crippen LogP contribution in [0.5, 0.6) is 0 Å². The highest BCUT2D eigenvalue weighted by Gasteiger charge is 2.43. The van der Waals surface area contributed by atoms with E-state index in [1.165, 1.54) is 28.3 Å². The predicted octanol–water partition coefficient (Wildman–Crippen LogP) is 2.84. The van der Waals surface area contributed by atoms with Crippen LogP contribution in [0.2, 0.25) is 0 Å². The number of ether oxygens (including phenoxy) is 6. The van der Waals surface area contributed by atoms with Gasteiger partial charge < -0.3 is 75.2 Å². The highest BCUT2D eigenvalue weighted by Crippen LogP contribution is 2.30. The van der Waals surface area contributed by atoms with E-state index in [4.69, 9.17) is 28.4 Å². The molecular weight excluding hydrogens is 1040 g/mol. The number of hydrogen-bond acceptors (Lipinski definition) is 16. The number of alkyl carbamates (subject to hydrolysis) is 1. The monoisotopic (exact) mass is 1130 g/mol. The number of carbonyl (C=O) groups is 8. The van der Waals surface area contributed by atoms with Gasteiger partial charge in [0.1, 0.15) is 24.7 Å². The molecule has 1 heterocycles. The van der Waals surface area contributed by atoms with Crippen molar-refractivity contribution in [3.05, 3.63) is 35.9 Å². The summed E-state index contributed by atoms with van der Waals surface area (Å²) < 4.78 is 33.3. The van der Waals surface area contributed by atoms with Crippen molar-refractivity contribution in [3.8, 4) is 0 Å². The number of likely N-dealkylation sites (N-methyl/N-ethyl adjacent to an activating group) is 2. The Morgan fingerprint density at radius 3 is 2.05 bits per heavy atom. The van der Waals surface area contributed by atoms with E-state index < -0.39 is 96.6 Å². The van der Waals surface area contributed by atoms with Gasteiger partial charge in [-0.3, -0.25) is 28.8 Å². The average molecular weight is 1140 g/mol. The summed E-state index contributed by atoms with van der Waals surface area (Å²) in [5.41, 5.74) is 0.798. The summed E-state index contributed by atoms with van der Waals surface area (Å²) in [6, 6.07) is 4.86. The quantitative estimate of drug-likeness (QED) is 0.0285. The Bertz CT molecular complexity index is 2050. The van der Waals surface area contributed by atoms with Crippen LogP contribution in [0.15, 0.2) is 30.3 Å². The van der Waals surface area contributed by atoms with Crippen molar-refractivity contribution in [1.82, 2.24) is 41.7 Å². The lowest BCUT2D eigenvalue weighted by Gasteiger charge is -2.41. The third-order valence-corrected chi connectivity index (χ3v) is 14.7. The number of amides is 7. The third-order valence-electron chi connectivity index (χ3n) is 14.7. The number of aliphatic hydroxyl groups excluding tert-OH is 1. The van der Waals surface area contributed by atoms with Crippen LogP contribution in [0.3, 0.4) is 0 Å².